The van der Waals surface area contributed by atoms with Crippen molar-refractivity contribution in [3.05, 3.63) is 29.8 Å². The quantitative estimate of drug-likeness (QED) is 0.687. The summed E-state index contributed by atoms with van der Waals surface area (Å²) in [5.41, 5.74) is 2.18. The summed E-state index contributed by atoms with van der Waals surface area (Å²) in [5, 5.41) is 0. The Bertz CT molecular complexity index is 308. The predicted molar refractivity (Wildman–Crippen MR) is 60.3 cm³/mol. The lowest BCUT2D eigenvalue weighted by Gasteiger charge is -2.22. The van der Waals surface area contributed by atoms with Gasteiger partial charge in [0.15, 0.2) is 0 Å². The van der Waals surface area contributed by atoms with Gasteiger partial charge in [-0.3, -0.25) is 0 Å². The van der Waals surface area contributed by atoms with E-state index >= 15 is 0 Å². The molecule has 0 spiro atoms. The molecule has 0 N–H and O–H groups in total. The molecule has 1 fully saturated rings. The Balaban J connectivity index is 2.10. The molecule has 1 aromatic rings. The van der Waals surface area contributed by atoms with Crippen molar-refractivity contribution in [3.8, 4) is 0 Å². The Kier molecular flexibility index (Phi) is 3.33. The largest absolute Gasteiger partial charge is 0.511 e. The molecule has 1 aliphatic heterocycles. The maximum Gasteiger partial charge on any atom is 0.511 e. The summed E-state index contributed by atoms with van der Waals surface area (Å²) >= 11 is 3.18. The average Bonchev–Trinajstić information content (AvgIpc) is 2.19. The van der Waals surface area contributed by atoms with E-state index in [-0.39, 0.29) is 0 Å². The molecule has 1 aromatic carbocycles. The highest BCUT2D eigenvalue weighted by Gasteiger charge is 2.33. The van der Waals surface area contributed by atoms with Crippen molar-refractivity contribution < 1.29 is 13.7 Å². The van der Waals surface area contributed by atoms with Gasteiger partial charge in [0.2, 0.25) is 0 Å². The molecule has 0 unspecified atom stereocenters. The summed E-state index contributed by atoms with van der Waals surface area (Å²) in [6.07, 6.45) is 0. The van der Waals surface area contributed by atoms with Crippen molar-refractivity contribution in [2.24, 2.45) is 0 Å². The molecule has 1 aliphatic rings. The Morgan fingerprint density at radius 3 is 2.57 bits per heavy atom. The topological polar surface area (TPSA) is 27.7 Å². The van der Waals surface area contributed by atoms with Crippen LogP contribution >= 0.6 is 15.8 Å². The second-order valence-corrected chi connectivity index (χ2v) is 3.77. The van der Waals surface area contributed by atoms with Crippen molar-refractivity contribution in [1.29, 1.82) is 0 Å². The van der Waals surface area contributed by atoms with Gasteiger partial charge in [-0.15, -0.1) is 0 Å². The van der Waals surface area contributed by atoms with Crippen LogP contribution in [0.2, 0.25) is 0 Å². The van der Waals surface area contributed by atoms with Crippen molar-refractivity contribution in [2.75, 3.05) is 0 Å². The first kappa shape index (κ1) is 10.3. The van der Waals surface area contributed by atoms with Crippen molar-refractivity contribution in [2.45, 2.75) is 6.92 Å². The number of hydrogen-bond donors (Lipinski definition) is 0. The second kappa shape index (κ2) is 4.53. The van der Waals surface area contributed by atoms with Crippen LogP contribution in [0, 0.1) is 6.92 Å². The zero-order chi connectivity index (χ0) is 9.97. The van der Waals surface area contributed by atoms with E-state index in [1.54, 1.807) is 0 Å². The van der Waals surface area contributed by atoms with E-state index in [1.807, 2.05) is 31.2 Å². The average molecular weight is 251 g/mol. The van der Waals surface area contributed by atoms with E-state index in [2.05, 4.69) is 15.8 Å². The molecule has 0 atom stereocenters. The first-order chi connectivity index (χ1) is 6.75. The molecular formula is C7H7B3BrO3. The van der Waals surface area contributed by atoms with Crippen LogP contribution in [-0.4, -0.2) is 20.7 Å². The zero-order valence-corrected chi connectivity index (χ0v) is 9.23. The van der Waals surface area contributed by atoms with Crippen molar-refractivity contribution in [1.82, 2.24) is 0 Å². The molecule has 0 bridgehead atoms. The standard InChI is InChI=1S/C7H7B3BrO3/c1-6-2-4-7(5-3-6)9-12-8-13-10(11)14-9/h2-5H,1H3. The highest BCUT2D eigenvalue weighted by atomic mass is 79.9. The summed E-state index contributed by atoms with van der Waals surface area (Å²) in [6.45, 7) is 2.04. The summed E-state index contributed by atoms with van der Waals surface area (Å²) in [6, 6.07) is 7.97. The molecule has 0 aromatic heterocycles. The molecular weight excluding hydrogens is 244 g/mol. The van der Waals surface area contributed by atoms with Crippen molar-refractivity contribution in [3.63, 3.8) is 0 Å². The maximum atomic E-state index is 5.35. The Morgan fingerprint density at radius 2 is 1.93 bits per heavy atom. The number of aryl methyl sites for hydroxylation is 1. The van der Waals surface area contributed by atoms with Gasteiger partial charge in [-0.1, -0.05) is 45.6 Å². The van der Waals surface area contributed by atoms with E-state index < -0.39 is 13.1 Å². The first-order valence-electron chi connectivity index (χ1n) is 4.24. The van der Waals surface area contributed by atoms with Crippen LogP contribution in [0.1, 0.15) is 5.56 Å². The number of hydrogen-bond acceptors (Lipinski definition) is 3. The SMILES string of the molecule is Cc1ccc(B2O[B]OB(Br)O2)cc1. The van der Waals surface area contributed by atoms with Gasteiger partial charge in [0.05, 0.1) is 0 Å². The number of benzene rings is 1. The lowest BCUT2D eigenvalue weighted by atomic mass is 9.75. The Labute approximate surface area is 92.7 Å². The zero-order valence-electron chi connectivity index (χ0n) is 7.64. The molecule has 69 valence electrons. The minimum Gasteiger partial charge on any atom is -0.451 e. The minimum absolute atomic E-state index is 0.395. The van der Waals surface area contributed by atoms with Crippen molar-refractivity contribution >= 4 is 42.0 Å². The van der Waals surface area contributed by atoms with Gasteiger partial charge < -0.3 is 13.7 Å². The Morgan fingerprint density at radius 1 is 1.21 bits per heavy atom. The van der Waals surface area contributed by atoms with Crippen LogP contribution in [0.25, 0.3) is 0 Å². The molecule has 0 aliphatic carbocycles. The molecule has 7 heteroatoms. The van der Waals surface area contributed by atoms with Crippen LogP contribution in [0.15, 0.2) is 24.3 Å². The maximum absolute atomic E-state index is 5.35. The minimum atomic E-state index is -0.442. The molecule has 14 heavy (non-hydrogen) atoms. The lowest BCUT2D eigenvalue weighted by molar-refractivity contribution is 0.329. The molecule has 0 saturated carbocycles. The Hall–Kier alpha value is -0.225. The van der Waals surface area contributed by atoms with Gasteiger partial charge in [-0.2, -0.15) is 0 Å². The van der Waals surface area contributed by atoms with Crippen LogP contribution < -0.4 is 5.46 Å². The van der Waals surface area contributed by atoms with Crippen LogP contribution in [0.4, 0.5) is 0 Å². The van der Waals surface area contributed by atoms with Gasteiger partial charge in [-0.25, -0.2) is 0 Å². The van der Waals surface area contributed by atoms with Gasteiger partial charge in [0, 0.05) is 0 Å². The number of halogens is 1. The molecule has 1 heterocycles. The second-order valence-electron chi connectivity index (χ2n) is 3.02. The highest BCUT2D eigenvalue weighted by molar-refractivity contribution is 9.24. The third-order valence-corrected chi connectivity index (χ3v) is 2.35. The van der Waals surface area contributed by atoms with Crippen LogP contribution in [0.3, 0.4) is 0 Å². The van der Waals surface area contributed by atoms with E-state index in [4.69, 9.17) is 13.7 Å². The van der Waals surface area contributed by atoms with E-state index in [0.717, 1.165) is 5.46 Å². The fraction of sp³-hybridized carbons (Fsp3) is 0.143. The summed E-state index contributed by atoms with van der Waals surface area (Å²) in [5.74, 6) is -0.442. The van der Waals surface area contributed by atoms with Gasteiger partial charge in [0.25, 0.3) is 0 Å². The fourth-order valence-corrected chi connectivity index (χ4v) is 1.45. The smallest absolute Gasteiger partial charge is 0.451 e. The molecule has 2 rings (SSSR count). The highest BCUT2D eigenvalue weighted by Crippen LogP contribution is 2.07. The molecule has 1 radical (unpaired) electrons. The van der Waals surface area contributed by atoms with E-state index in [9.17, 15) is 0 Å². The van der Waals surface area contributed by atoms with Gasteiger partial charge >= 0.3 is 20.7 Å². The van der Waals surface area contributed by atoms with E-state index in [1.165, 1.54) is 13.2 Å². The van der Waals surface area contributed by atoms with Gasteiger partial charge in [-0.05, 0) is 12.4 Å². The monoisotopic (exact) mass is 251 g/mol. The summed E-state index contributed by atoms with van der Waals surface area (Å²) in [7, 11) is 0.890. The van der Waals surface area contributed by atoms with Crippen LogP contribution in [0.5, 0.6) is 0 Å². The molecule has 1 saturated heterocycles. The fourth-order valence-electron chi connectivity index (χ4n) is 1.17. The molecule has 0 amide bonds. The predicted octanol–water partition coefficient (Wildman–Crippen LogP) is 0.668. The third-order valence-electron chi connectivity index (χ3n) is 1.92. The number of rotatable bonds is 1. The third kappa shape index (κ3) is 2.42. The molecule has 3 nitrogen and oxygen atoms in total. The first-order valence-corrected chi connectivity index (χ1v) is 5.16. The normalized spacial score (nSPS) is 16.7. The summed E-state index contributed by atoms with van der Waals surface area (Å²) in [4.78, 5) is 0. The lowest BCUT2D eigenvalue weighted by Crippen LogP contribution is -2.47. The summed E-state index contributed by atoms with van der Waals surface area (Å²) < 4.78 is 15.4. The van der Waals surface area contributed by atoms with E-state index in [0.29, 0.717) is 0 Å². The van der Waals surface area contributed by atoms with Crippen LogP contribution in [-0.2, 0) is 13.7 Å². The van der Waals surface area contributed by atoms with Gasteiger partial charge in [0.1, 0.15) is 0 Å².